The number of likely N-dealkylation sites (tertiary alicyclic amines) is 1. The van der Waals surface area contributed by atoms with E-state index in [2.05, 4.69) is 9.98 Å². The molecule has 2 fully saturated rings. The summed E-state index contributed by atoms with van der Waals surface area (Å²) in [4.78, 5) is 32.0. The second kappa shape index (κ2) is 10.3. The number of amides is 1. The molecule has 2 atom stereocenters. The number of aliphatic hydroxyl groups is 1. The predicted octanol–water partition coefficient (Wildman–Crippen LogP) is 1.52. The molecular weight excluding hydrogens is 436 g/mol. The quantitative estimate of drug-likeness (QED) is 0.338. The number of aliphatic hydroxyl groups excluding tert-OH is 1. The van der Waals surface area contributed by atoms with Gasteiger partial charge in [0.15, 0.2) is 0 Å². The standard InChI is InChI=1S/C22H29F2N5O4/c1-13(20(31)28-18(25)4-5-19(26)33-12-14-2-3-14)29-7-6-22(23,24)17(10-29)15-8-16(11-30)21(32)27-9-15/h4-5,8-9,13-14,17,26,30H,2-3,6-7,10-12H2,1H3,(H,27,32)(H2,25,28,31)/b5-4-,26-19?. The van der Waals surface area contributed by atoms with Crippen LogP contribution in [-0.2, 0) is 16.1 Å². The zero-order valence-corrected chi connectivity index (χ0v) is 18.4. The molecule has 11 heteroatoms. The van der Waals surface area contributed by atoms with Crippen LogP contribution >= 0.6 is 0 Å². The van der Waals surface area contributed by atoms with Gasteiger partial charge >= 0.3 is 0 Å². The molecule has 1 aliphatic carbocycles. The molecular formula is C22H29F2N5O4. The molecule has 0 spiro atoms. The first-order valence-electron chi connectivity index (χ1n) is 10.8. The number of piperidine rings is 1. The fourth-order valence-corrected chi connectivity index (χ4v) is 3.61. The van der Waals surface area contributed by atoms with Gasteiger partial charge in [0.25, 0.3) is 17.4 Å². The first-order valence-corrected chi connectivity index (χ1v) is 10.8. The van der Waals surface area contributed by atoms with E-state index in [9.17, 15) is 23.5 Å². The maximum atomic E-state index is 14.7. The maximum Gasteiger partial charge on any atom is 0.264 e. The van der Waals surface area contributed by atoms with Crippen LogP contribution < -0.4 is 11.3 Å². The van der Waals surface area contributed by atoms with Gasteiger partial charge in [-0.25, -0.2) is 8.78 Å². The molecule has 1 aliphatic heterocycles. The van der Waals surface area contributed by atoms with Crippen LogP contribution in [-0.4, -0.2) is 64.3 Å². The second-order valence-electron chi connectivity index (χ2n) is 8.51. The molecule has 2 aliphatic rings. The lowest BCUT2D eigenvalue weighted by molar-refractivity contribution is -0.127. The third-order valence-corrected chi connectivity index (χ3v) is 5.96. The molecule has 33 heavy (non-hydrogen) atoms. The van der Waals surface area contributed by atoms with Crippen LogP contribution in [0.5, 0.6) is 0 Å². The first kappa shape index (κ1) is 24.7. The van der Waals surface area contributed by atoms with Crippen LogP contribution in [0.3, 0.4) is 0 Å². The summed E-state index contributed by atoms with van der Waals surface area (Å²) in [5.41, 5.74) is 5.41. The summed E-state index contributed by atoms with van der Waals surface area (Å²) in [7, 11) is 0. The van der Waals surface area contributed by atoms with E-state index >= 15 is 0 Å². The summed E-state index contributed by atoms with van der Waals surface area (Å²) in [5.74, 6) is -4.60. The van der Waals surface area contributed by atoms with Crippen molar-refractivity contribution >= 4 is 17.6 Å². The van der Waals surface area contributed by atoms with E-state index in [1.165, 1.54) is 24.4 Å². The van der Waals surface area contributed by atoms with Crippen molar-refractivity contribution in [2.24, 2.45) is 16.6 Å². The number of hydrogen-bond donors (Lipinski definition) is 4. The highest BCUT2D eigenvalue weighted by molar-refractivity contribution is 6.04. The number of alkyl halides is 2. The number of nitrogens with zero attached hydrogens (tertiary/aromatic N) is 2. The van der Waals surface area contributed by atoms with E-state index in [4.69, 9.17) is 15.9 Å². The Labute approximate surface area is 189 Å². The van der Waals surface area contributed by atoms with Crippen LogP contribution in [0.4, 0.5) is 8.78 Å². The van der Waals surface area contributed by atoms with Gasteiger partial charge in [0.2, 0.25) is 5.90 Å². The third-order valence-electron chi connectivity index (χ3n) is 5.96. The van der Waals surface area contributed by atoms with Crippen LogP contribution in [0.2, 0.25) is 0 Å². The van der Waals surface area contributed by atoms with Gasteiger partial charge in [0.05, 0.1) is 25.2 Å². The number of hydrogen-bond acceptors (Lipinski definition) is 6. The van der Waals surface area contributed by atoms with Gasteiger partial charge in [-0.3, -0.25) is 19.9 Å². The Balaban J connectivity index is 1.65. The number of halogens is 2. The number of aromatic amines is 1. The van der Waals surface area contributed by atoms with E-state index in [1.54, 1.807) is 11.8 Å². The van der Waals surface area contributed by atoms with E-state index in [0.29, 0.717) is 12.5 Å². The van der Waals surface area contributed by atoms with Gasteiger partial charge in [-0.15, -0.1) is 0 Å². The van der Waals surface area contributed by atoms with E-state index in [0.717, 1.165) is 12.8 Å². The first-order chi connectivity index (χ1) is 15.6. The number of aromatic nitrogens is 1. The Hall–Kier alpha value is -2.92. The summed E-state index contributed by atoms with van der Waals surface area (Å²) in [6, 6.07) is 0.468. The lowest BCUT2D eigenvalue weighted by Crippen LogP contribution is -2.51. The Morgan fingerprint density at radius 2 is 2.21 bits per heavy atom. The summed E-state index contributed by atoms with van der Waals surface area (Å²) in [6.07, 6.45) is 5.55. The average Bonchev–Trinajstić information content (AvgIpc) is 3.60. The van der Waals surface area contributed by atoms with Crippen molar-refractivity contribution in [1.29, 1.82) is 5.41 Å². The van der Waals surface area contributed by atoms with Crippen molar-refractivity contribution in [1.82, 2.24) is 9.88 Å². The molecule has 0 bridgehead atoms. The summed E-state index contributed by atoms with van der Waals surface area (Å²) >= 11 is 0. The molecule has 1 aromatic rings. The highest BCUT2D eigenvalue weighted by Gasteiger charge is 2.46. The number of aliphatic imine (C=N–C) groups is 1. The van der Waals surface area contributed by atoms with Gasteiger partial charge in [-0.05, 0) is 43.4 Å². The average molecular weight is 466 g/mol. The fraction of sp³-hybridized carbons (Fsp3) is 0.545. The minimum absolute atomic E-state index is 0.000359. The molecule has 1 saturated heterocycles. The Morgan fingerprint density at radius 3 is 2.88 bits per heavy atom. The smallest absolute Gasteiger partial charge is 0.264 e. The number of amidine groups is 1. The summed E-state index contributed by atoms with van der Waals surface area (Å²) < 4.78 is 34.6. The second-order valence-corrected chi connectivity index (χ2v) is 8.51. The van der Waals surface area contributed by atoms with Crippen LogP contribution in [0.25, 0.3) is 0 Å². The van der Waals surface area contributed by atoms with Crippen LogP contribution in [0, 0.1) is 11.3 Å². The zero-order chi connectivity index (χ0) is 24.2. The lowest BCUT2D eigenvalue weighted by Gasteiger charge is -2.40. The molecule has 0 aromatic carbocycles. The van der Waals surface area contributed by atoms with Gasteiger partial charge < -0.3 is 20.6 Å². The number of carbonyl (C=O) groups is 1. The van der Waals surface area contributed by atoms with Gasteiger partial charge in [0.1, 0.15) is 5.84 Å². The molecule has 1 saturated carbocycles. The number of nitrogens with two attached hydrogens (primary N) is 1. The van der Waals surface area contributed by atoms with E-state index in [1.807, 2.05) is 0 Å². The van der Waals surface area contributed by atoms with Crippen LogP contribution in [0.15, 0.2) is 34.2 Å². The van der Waals surface area contributed by atoms with Crippen molar-refractivity contribution in [3.05, 3.63) is 45.9 Å². The highest BCUT2D eigenvalue weighted by atomic mass is 19.3. The van der Waals surface area contributed by atoms with E-state index < -0.39 is 42.4 Å². The molecule has 1 aromatic heterocycles. The molecule has 1 amide bonds. The summed E-state index contributed by atoms with van der Waals surface area (Å²) in [5, 5.41) is 17.0. The number of ether oxygens (including phenoxy) is 1. The minimum atomic E-state index is -3.05. The highest BCUT2D eigenvalue weighted by Crippen LogP contribution is 2.40. The monoisotopic (exact) mass is 465 g/mol. The van der Waals surface area contributed by atoms with Gasteiger partial charge in [-0.2, -0.15) is 4.99 Å². The Morgan fingerprint density at radius 1 is 1.48 bits per heavy atom. The maximum absolute atomic E-state index is 14.7. The van der Waals surface area contributed by atoms with Crippen molar-refractivity contribution in [3.8, 4) is 0 Å². The molecule has 9 nitrogen and oxygen atoms in total. The van der Waals surface area contributed by atoms with Gasteiger partial charge in [0, 0.05) is 37.3 Å². The third kappa shape index (κ3) is 6.55. The molecule has 2 unspecified atom stereocenters. The summed E-state index contributed by atoms with van der Waals surface area (Å²) in [6.45, 7) is 1.33. The SMILES string of the molecule is CC(C(=O)N=C(N)/C=C\C(=N)OCC1CC1)N1CCC(F)(F)C(c2c[nH]c(=O)c(CO)c2)C1. The topological polar surface area (TPSA) is 145 Å². The number of H-pyrrole nitrogens is 1. The van der Waals surface area contributed by atoms with Crippen molar-refractivity contribution in [2.75, 3.05) is 19.7 Å². The molecule has 180 valence electrons. The molecule has 5 N–H and O–H groups in total. The lowest BCUT2D eigenvalue weighted by atomic mass is 9.86. The van der Waals surface area contributed by atoms with Crippen molar-refractivity contribution < 1.29 is 23.4 Å². The number of pyridine rings is 1. The normalized spacial score (nSPS) is 22.3. The van der Waals surface area contributed by atoms with Gasteiger partial charge in [-0.1, -0.05) is 0 Å². The van der Waals surface area contributed by atoms with E-state index in [-0.39, 0.29) is 35.9 Å². The Kier molecular flexibility index (Phi) is 7.75. The predicted molar refractivity (Wildman–Crippen MR) is 118 cm³/mol. The Bertz CT molecular complexity index is 1000. The number of carbonyl (C=O) groups excluding carboxylic acids is 1. The van der Waals surface area contributed by atoms with Crippen molar-refractivity contribution in [3.63, 3.8) is 0 Å². The zero-order valence-electron chi connectivity index (χ0n) is 18.4. The molecule has 3 rings (SSSR count). The van der Waals surface area contributed by atoms with Crippen molar-refractivity contribution in [2.45, 2.75) is 50.7 Å². The fourth-order valence-electron chi connectivity index (χ4n) is 3.61. The minimum Gasteiger partial charge on any atom is -0.478 e. The number of nitrogens with one attached hydrogen (secondary N) is 2. The largest absolute Gasteiger partial charge is 0.478 e. The van der Waals surface area contributed by atoms with Crippen LogP contribution in [0.1, 0.15) is 43.2 Å². The molecule has 0 radical (unpaired) electrons. The number of rotatable bonds is 8. The molecule has 2 heterocycles.